The van der Waals surface area contributed by atoms with E-state index in [4.69, 9.17) is 11.6 Å². The minimum absolute atomic E-state index is 0.327. The zero-order chi connectivity index (χ0) is 12.8. The number of hydrogen-bond acceptors (Lipinski definition) is 2. The van der Waals surface area contributed by atoms with Crippen molar-refractivity contribution in [1.29, 1.82) is 0 Å². The summed E-state index contributed by atoms with van der Waals surface area (Å²) in [5, 5.41) is 5.34. The number of anilines is 2. The largest absolute Gasteiger partial charge is 0.324 e. The Morgan fingerprint density at radius 3 is 2.50 bits per heavy atom. The van der Waals surface area contributed by atoms with Gasteiger partial charge < -0.3 is 5.32 Å². The fraction of sp³-hybridized carbons (Fsp3) is 0.0769. The molecule has 0 bridgehead atoms. The number of carbonyl (C=O) groups is 1. The van der Waals surface area contributed by atoms with Gasteiger partial charge in [0.2, 0.25) is 0 Å². The summed E-state index contributed by atoms with van der Waals surface area (Å²) in [5.41, 5.74) is 1.71. The number of aromatic nitrogens is 1. The van der Waals surface area contributed by atoms with Gasteiger partial charge in [-0.15, -0.1) is 11.6 Å². The van der Waals surface area contributed by atoms with Crippen molar-refractivity contribution >= 4 is 29.1 Å². The summed E-state index contributed by atoms with van der Waals surface area (Å²) in [6.45, 7) is 0. The molecule has 5 heteroatoms. The van der Waals surface area contributed by atoms with E-state index in [-0.39, 0.29) is 6.03 Å². The molecule has 0 unspecified atom stereocenters. The van der Waals surface area contributed by atoms with Gasteiger partial charge in [-0.25, -0.2) is 9.78 Å². The number of benzene rings is 1. The van der Waals surface area contributed by atoms with Crippen molar-refractivity contribution in [2.45, 2.75) is 5.88 Å². The zero-order valence-electron chi connectivity index (χ0n) is 9.56. The van der Waals surface area contributed by atoms with Gasteiger partial charge in [0.1, 0.15) is 5.82 Å². The van der Waals surface area contributed by atoms with Crippen LogP contribution in [0.2, 0.25) is 0 Å². The Morgan fingerprint density at radius 1 is 1.11 bits per heavy atom. The molecule has 1 heterocycles. The van der Waals surface area contributed by atoms with Crippen LogP contribution in [-0.4, -0.2) is 11.0 Å². The molecule has 2 aromatic rings. The van der Waals surface area contributed by atoms with E-state index in [0.29, 0.717) is 17.4 Å². The van der Waals surface area contributed by atoms with E-state index in [9.17, 15) is 4.79 Å². The number of amides is 2. The number of nitrogens with one attached hydrogen (secondary N) is 2. The summed E-state index contributed by atoms with van der Waals surface area (Å²) >= 11 is 5.68. The highest BCUT2D eigenvalue weighted by molar-refractivity contribution is 6.17. The molecule has 0 aliphatic carbocycles. The summed E-state index contributed by atoms with van der Waals surface area (Å²) in [6, 6.07) is 12.3. The Bertz CT molecular complexity index is 514. The lowest BCUT2D eigenvalue weighted by molar-refractivity contribution is 0.262. The van der Waals surface area contributed by atoms with Crippen LogP contribution in [0.1, 0.15) is 5.56 Å². The first-order valence-corrected chi connectivity index (χ1v) is 5.95. The Morgan fingerprint density at radius 2 is 1.89 bits per heavy atom. The zero-order valence-corrected chi connectivity index (χ0v) is 10.3. The predicted molar refractivity (Wildman–Crippen MR) is 72.9 cm³/mol. The van der Waals surface area contributed by atoms with Crippen LogP contribution < -0.4 is 10.6 Å². The van der Waals surface area contributed by atoms with E-state index < -0.39 is 0 Å². The molecule has 4 nitrogen and oxygen atoms in total. The van der Waals surface area contributed by atoms with Gasteiger partial charge in [-0.2, -0.15) is 0 Å². The van der Waals surface area contributed by atoms with Crippen LogP contribution in [0.4, 0.5) is 16.3 Å². The number of halogens is 1. The van der Waals surface area contributed by atoms with Crippen LogP contribution in [0.5, 0.6) is 0 Å². The fourth-order valence-corrected chi connectivity index (χ4v) is 1.57. The van der Waals surface area contributed by atoms with Crippen molar-refractivity contribution in [3.63, 3.8) is 0 Å². The van der Waals surface area contributed by atoms with Gasteiger partial charge in [0, 0.05) is 17.8 Å². The van der Waals surface area contributed by atoms with Gasteiger partial charge in [0.25, 0.3) is 0 Å². The predicted octanol–water partition coefficient (Wildman–Crippen LogP) is 3.46. The van der Waals surface area contributed by atoms with Crippen LogP contribution >= 0.6 is 11.6 Å². The molecule has 2 N–H and O–H groups in total. The lowest BCUT2D eigenvalue weighted by Crippen LogP contribution is -2.19. The maximum Gasteiger partial charge on any atom is 0.324 e. The topological polar surface area (TPSA) is 54.0 Å². The van der Waals surface area contributed by atoms with Crippen molar-refractivity contribution in [1.82, 2.24) is 4.98 Å². The number of rotatable bonds is 3. The minimum atomic E-state index is -0.327. The Kier molecular flexibility index (Phi) is 4.15. The van der Waals surface area contributed by atoms with Gasteiger partial charge in [0.15, 0.2) is 0 Å². The lowest BCUT2D eigenvalue weighted by atomic mass is 10.2. The van der Waals surface area contributed by atoms with Crippen molar-refractivity contribution < 1.29 is 4.79 Å². The van der Waals surface area contributed by atoms with E-state index in [1.54, 1.807) is 36.5 Å². The van der Waals surface area contributed by atoms with Gasteiger partial charge in [-0.3, -0.25) is 5.32 Å². The molecule has 0 spiro atoms. The molecule has 0 aliphatic rings. The molecular formula is C13H12ClN3O. The van der Waals surface area contributed by atoms with Gasteiger partial charge in [-0.1, -0.05) is 18.2 Å². The molecule has 2 rings (SSSR count). The van der Waals surface area contributed by atoms with E-state index in [1.165, 1.54) is 0 Å². The first-order valence-electron chi connectivity index (χ1n) is 5.42. The average Bonchev–Trinajstić information content (AvgIpc) is 2.40. The second kappa shape index (κ2) is 6.02. The van der Waals surface area contributed by atoms with Crippen LogP contribution in [0.25, 0.3) is 0 Å². The Hall–Kier alpha value is -2.07. The van der Waals surface area contributed by atoms with Crippen molar-refractivity contribution in [3.05, 3.63) is 54.2 Å². The molecule has 18 heavy (non-hydrogen) atoms. The Balaban J connectivity index is 1.94. The molecule has 2 amide bonds. The summed E-state index contributed by atoms with van der Waals surface area (Å²) in [4.78, 5) is 15.6. The molecular weight excluding hydrogens is 250 g/mol. The van der Waals surface area contributed by atoms with E-state index in [2.05, 4.69) is 15.6 Å². The molecule has 1 aromatic carbocycles. The highest BCUT2D eigenvalue weighted by Crippen LogP contribution is 2.11. The van der Waals surface area contributed by atoms with Gasteiger partial charge in [-0.05, 0) is 29.8 Å². The number of carbonyl (C=O) groups excluding carboxylic acids is 1. The van der Waals surface area contributed by atoms with Crippen molar-refractivity contribution in [2.75, 3.05) is 10.6 Å². The highest BCUT2D eigenvalue weighted by Gasteiger charge is 2.02. The maximum absolute atomic E-state index is 11.6. The molecule has 0 saturated heterocycles. The molecule has 1 aromatic heterocycles. The normalized spacial score (nSPS) is 9.83. The summed E-state index contributed by atoms with van der Waals surface area (Å²) in [7, 11) is 0. The van der Waals surface area contributed by atoms with E-state index in [0.717, 1.165) is 5.56 Å². The highest BCUT2D eigenvalue weighted by atomic mass is 35.5. The van der Waals surface area contributed by atoms with Gasteiger partial charge in [0.05, 0.1) is 0 Å². The number of urea groups is 1. The number of pyridine rings is 1. The first kappa shape index (κ1) is 12.4. The minimum Gasteiger partial charge on any atom is -0.308 e. The van der Waals surface area contributed by atoms with Crippen molar-refractivity contribution in [2.24, 2.45) is 0 Å². The second-order valence-electron chi connectivity index (χ2n) is 3.62. The molecule has 0 aliphatic heterocycles. The SMILES string of the molecule is O=C(Nc1ccc(CCl)cc1)Nc1ccccn1. The summed E-state index contributed by atoms with van der Waals surface area (Å²) < 4.78 is 0. The quantitative estimate of drug-likeness (QED) is 0.832. The third-order valence-electron chi connectivity index (χ3n) is 2.27. The standard InChI is InChI=1S/C13H12ClN3O/c14-9-10-4-6-11(7-5-10)16-13(18)17-12-3-1-2-8-15-12/h1-8H,9H2,(H2,15,16,17,18). The molecule has 92 valence electrons. The Labute approximate surface area is 110 Å². The fourth-order valence-electron chi connectivity index (χ4n) is 1.39. The smallest absolute Gasteiger partial charge is 0.308 e. The second-order valence-corrected chi connectivity index (χ2v) is 3.89. The van der Waals surface area contributed by atoms with E-state index >= 15 is 0 Å². The molecule has 0 fully saturated rings. The maximum atomic E-state index is 11.6. The van der Waals surface area contributed by atoms with Crippen LogP contribution in [0, 0.1) is 0 Å². The number of alkyl halides is 1. The van der Waals surface area contributed by atoms with Crippen LogP contribution in [-0.2, 0) is 5.88 Å². The number of hydrogen-bond donors (Lipinski definition) is 2. The molecule has 0 saturated carbocycles. The van der Waals surface area contributed by atoms with Gasteiger partial charge >= 0.3 is 6.03 Å². The summed E-state index contributed by atoms with van der Waals surface area (Å²) in [5.74, 6) is 0.966. The molecule has 0 radical (unpaired) electrons. The van der Waals surface area contributed by atoms with Crippen LogP contribution in [0.15, 0.2) is 48.7 Å². The lowest BCUT2D eigenvalue weighted by Gasteiger charge is -2.07. The van der Waals surface area contributed by atoms with Crippen molar-refractivity contribution in [3.8, 4) is 0 Å². The third-order valence-corrected chi connectivity index (χ3v) is 2.58. The number of nitrogens with zero attached hydrogens (tertiary/aromatic N) is 1. The average molecular weight is 262 g/mol. The third kappa shape index (κ3) is 3.46. The van der Waals surface area contributed by atoms with E-state index in [1.807, 2.05) is 12.1 Å². The van der Waals surface area contributed by atoms with Crippen LogP contribution in [0.3, 0.4) is 0 Å². The summed E-state index contributed by atoms with van der Waals surface area (Å²) in [6.07, 6.45) is 1.62. The monoisotopic (exact) mass is 261 g/mol. The molecule has 0 atom stereocenters. The first-order chi connectivity index (χ1) is 8.78.